The van der Waals surface area contributed by atoms with Gasteiger partial charge in [-0.1, -0.05) is 12.1 Å². The van der Waals surface area contributed by atoms with Gasteiger partial charge in [0.05, 0.1) is 29.8 Å². The van der Waals surface area contributed by atoms with E-state index in [9.17, 15) is 8.42 Å². The Balaban J connectivity index is 2.04. The lowest BCUT2D eigenvalue weighted by Crippen LogP contribution is -2.14. The van der Waals surface area contributed by atoms with Crippen LogP contribution in [0.5, 0.6) is 11.5 Å². The van der Waals surface area contributed by atoms with E-state index >= 15 is 0 Å². The minimum atomic E-state index is -3.91. The van der Waals surface area contributed by atoms with E-state index in [0.717, 1.165) is 9.65 Å². The molecule has 2 aromatic carbocycles. The Labute approximate surface area is 159 Å². The summed E-state index contributed by atoms with van der Waals surface area (Å²) in [6.45, 7) is 0. The topological polar surface area (TPSA) is 96.4 Å². The predicted octanol–water partition coefficient (Wildman–Crippen LogP) is 3.15. The molecule has 0 bridgehead atoms. The zero-order valence-electron chi connectivity index (χ0n) is 14.0. The molecule has 0 unspecified atom stereocenters. The minimum absolute atomic E-state index is 0.0429. The second-order valence-corrected chi connectivity index (χ2v) is 7.98. The number of anilines is 1. The molecule has 136 valence electrons. The summed E-state index contributed by atoms with van der Waals surface area (Å²) in [5, 5.41) is 3.98. The lowest BCUT2D eigenvalue weighted by Gasteiger charge is -2.07. The Bertz CT molecular complexity index is 1050. The van der Waals surface area contributed by atoms with Crippen LogP contribution in [0.3, 0.4) is 0 Å². The third-order valence-corrected chi connectivity index (χ3v) is 5.97. The van der Waals surface area contributed by atoms with Gasteiger partial charge in [0, 0.05) is 11.6 Å². The number of hydrogen-bond donors (Lipinski definition) is 1. The van der Waals surface area contributed by atoms with Gasteiger partial charge in [0.2, 0.25) is 0 Å². The van der Waals surface area contributed by atoms with Crippen LogP contribution in [0.4, 0.5) is 5.82 Å². The van der Waals surface area contributed by atoms with E-state index < -0.39 is 10.0 Å². The molecule has 0 aliphatic heterocycles. The number of benzene rings is 2. The molecule has 0 fully saturated rings. The first kappa shape index (κ1) is 18.3. The molecule has 0 saturated heterocycles. The van der Waals surface area contributed by atoms with Crippen LogP contribution in [-0.4, -0.2) is 31.8 Å². The number of nitrogen functional groups attached to an aromatic ring is 1. The number of methoxy groups -OCH3 is 2. The Hall–Kier alpha value is -2.52. The van der Waals surface area contributed by atoms with Crippen LogP contribution < -0.4 is 15.2 Å². The lowest BCUT2D eigenvalue weighted by molar-refractivity contribution is 0.410. The Morgan fingerprint density at radius 3 is 2.38 bits per heavy atom. The molecule has 0 radical (unpaired) electrons. The number of ether oxygens (including phenoxy) is 2. The maximum atomic E-state index is 12.9. The van der Waals surface area contributed by atoms with E-state index in [2.05, 4.69) is 21.0 Å². The van der Waals surface area contributed by atoms with Crippen molar-refractivity contribution < 1.29 is 17.9 Å². The summed E-state index contributed by atoms with van der Waals surface area (Å²) in [6, 6.07) is 11.6. The molecule has 0 atom stereocenters. The molecule has 0 saturated carbocycles. The predicted molar refractivity (Wildman–Crippen MR) is 102 cm³/mol. The first-order chi connectivity index (χ1) is 12.4. The van der Waals surface area contributed by atoms with Crippen molar-refractivity contribution in [3.05, 3.63) is 53.1 Å². The number of hydrogen-bond acceptors (Lipinski definition) is 6. The Morgan fingerprint density at radius 2 is 1.77 bits per heavy atom. The third-order valence-electron chi connectivity index (χ3n) is 3.79. The average Bonchev–Trinajstić information content (AvgIpc) is 3.04. The fourth-order valence-electron chi connectivity index (χ4n) is 2.39. The van der Waals surface area contributed by atoms with E-state index in [1.54, 1.807) is 37.4 Å². The molecule has 0 amide bonds. The SMILES string of the molecule is COc1ccc(-c2cn(S(=O)(=O)c3ccc(Br)c(OC)c3)nc2N)cc1. The zero-order chi connectivity index (χ0) is 18.9. The molecule has 0 aliphatic rings. The molecule has 0 spiro atoms. The molecule has 1 aromatic heterocycles. The van der Waals surface area contributed by atoms with Gasteiger partial charge in [0.1, 0.15) is 11.5 Å². The highest BCUT2D eigenvalue weighted by Crippen LogP contribution is 2.31. The molecule has 7 nitrogen and oxygen atoms in total. The van der Waals surface area contributed by atoms with Gasteiger partial charge >= 0.3 is 0 Å². The summed E-state index contributed by atoms with van der Waals surface area (Å²) in [4.78, 5) is 0.0429. The smallest absolute Gasteiger partial charge is 0.283 e. The van der Waals surface area contributed by atoms with E-state index in [0.29, 0.717) is 21.5 Å². The highest BCUT2D eigenvalue weighted by atomic mass is 79.9. The first-order valence-electron chi connectivity index (χ1n) is 7.45. The Morgan fingerprint density at radius 1 is 1.08 bits per heavy atom. The second kappa shape index (κ2) is 7.00. The highest BCUT2D eigenvalue weighted by molar-refractivity contribution is 9.10. The summed E-state index contributed by atoms with van der Waals surface area (Å²) in [6.07, 6.45) is 1.39. The summed E-state index contributed by atoms with van der Waals surface area (Å²) in [5.74, 6) is 1.21. The summed E-state index contributed by atoms with van der Waals surface area (Å²) in [7, 11) is -0.878. The fraction of sp³-hybridized carbons (Fsp3) is 0.118. The summed E-state index contributed by atoms with van der Waals surface area (Å²) >= 11 is 3.30. The monoisotopic (exact) mass is 437 g/mol. The molecule has 0 aliphatic carbocycles. The van der Waals surface area contributed by atoms with E-state index in [4.69, 9.17) is 15.2 Å². The van der Waals surface area contributed by atoms with Crippen LogP contribution in [0.15, 0.2) is 58.0 Å². The molecule has 1 heterocycles. The summed E-state index contributed by atoms with van der Waals surface area (Å²) in [5.41, 5.74) is 7.19. The van der Waals surface area contributed by atoms with Crippen molar-refractivity contribution in [3.8, 4) is 22.6 Å². The zero-order valence-corrected chi connectivity index (χ0v) is 16.4. The molecule has 26 heavy (non-hydrogen) atoms. The molecule has 3 aromatic rings. The van der Waals surface area contributed by atoms with E-state index in [-0.39, 0.29) is 10.7 Å². The van der Waals surface area contributed by atoms with Crippen molar-refractivity contribution >= 4 is 31.8 Å². The normalized spacial score (nSPS) is 11.3. The minimum Gasteiger partial charge on any atom is -0.497 e. The van der Waals surface area contributed by atoms with Crippen molar-refractivity contribution in [1.29, 1.82) is 0 Å². The van der Waals surface area contributed by atoms with Crippen LogP contribution in [-0.2, 0) is 10.0 Å². The average molecular weight is 438 g/mol. The van der Waals surface area contributed by atoms with Crippen molar-refractivity contribution in [2.45, 2.75) is 4.90 Å². The van der Waals surface area contributed by atoms with Gasteiger partial charge in [-0.2, -0.15) is 12.5 Å². The number of halogens is 1. The maximum Gasteiger partial charge on any atom is 0.283 e. The number of rotatable bonds is 5. The van der Waals surface area contributed by atoms with Crippen LogP contribution in [0, 0.1) is 0 Å². The van der Waals surface area contributed by atoms with E-state index in [1.165, 1.54) is 25.4 Å². The quantitative estimate of drug-likeness (QED) is 0.658. The van der Waals surface area contributed by atoms with Crippen molar-refractivity contribution in [2.24, 2.45) is 0 Å². The number of nitrogens with two attached hydrogens (primary N) is 1. The molecule has 9 heteroatoms. The molecule has 2 N–H and O–H groups in total. The van der Waals surface area contributed by atoms with Crippen molar-refractivity contribution in [2.75, 3.05) is 20.0 Å². The van der Waals surface area contributed by atoms with Crippen molar-refractivity contribution in [1.82, 2.24) is 9.19 Å². The summed E-state index contributed by atoms with van der Waals surface area (Å²) < 4.78 is 37.5. The molecular formula is C17H16BrN3O4S. The standard InChI is InChI=1S/C17H16BrN3O4S/c1-24-12-5-3-11(4-6-12)14-10-21(20-17(14)19)26(22,23)13-7-8-15(18)16(9-13)25-2/h3-10H,1-2H3,(H2,19,20). The van der Waals surface area contributed by atoms with Gasteiger partial charge in [0.25, 0.3) is 10.0 Å². The fourth-order valence-corrected chi connectivity index (χ4v) is 3.95. The van der Waals surface area contributed by atoms with Gasteiger partial charge < -0.3 is 15.2 Å². The third kappa shape index (κ3) is 3.27. The van der Waals surface area contributed by atoms with Crippen LogP contribution in [0.25, 0.3) is 11.1 Å². The van der Waals surface area contributed by atoms with Gasteiger partial charge in [-0.05, 0) is 45.8 Å². The second-order valence-electron chi connectivity index (χ2n) is 5.33. The van der Waals surface area contributed by atoms with Crippen molar-refractivity contribution in [3.63, 3.8) is 0 Å². The molecule has 3 rings (SSSR count). The van der Waals surface area contributed by atoms with Crippen LogP contribution >= 0.6 is 15.9 Å². The van der Waals surface area contributed by atoms with Gasteiger partial charge in [0.15, 0.2) is 5.82 Å². The van der Waals surface area contributed by atoms with Gasteiger partial charge in [-0.25, -0.2) is 0 Å². The van der Waals surface area contributed by atoms with Gasteiger partial charge in [-0.15, -0.1) is 5.10 Å². The highest BCUT2D eigenvalue weighted by Gasteiger charge is 2.22. The largest absolute Gasteiger partial charge is 0.497 e. The van der Waals surface area contributed by atoms with Crippen LogP contribution in [0.2, 0.25) is 0 Å². The first-order valence-corrected chi connectivity index (χ1v) is 9.69. The lowest BCUT2D eigenvalue weighted by atomic mass is 10.1. The van der Waals surface area contributed by atoms with Gasteiger partial charge in [-0.3, -0.25) is 0 Å². The maximum absolute atomic E-state index is 12.9. The molecular weight excluding hydrogens is 422 g/mol. The number of aromatic nitrogens is 2. The Kier molecular flexibility index (Phi) is 4.92. The van der Waals surface area contributed by atoms with E-state index in [1.807, 2.05) is 0 Å². The number of nitrogens with zero attached hydrogens (tertiary/aromatic N) is 2. The van der Waals surface area contributed by atoms with Crippen LogP contribution in [0.1, 0.15) is 0 Å².